The van der Waals surface area contributed by atoms with Crippen LogP contribution in [-0.4, -0.2) is 14.7 Å². The first-order valence-corrected chi connectivity index (χ1v) is 10.9. The predicted octanol–water partition coefficient (Wildman–Crippen LogP) is 5.40. The second-order valence-electron chi connectivity index (χ2n) is 5.83. The highest BCUT2D eigenvalue weighted by molar-refractivity contribution is 8.04. The van der Waals surface area contributed by atoms with Crippen LogP contribution in [0.3, 0.4) is 0 Å². The number of nitriles is 1. The van der Waals surface area contributed by atoms with Crippen molar-refractivity contribution in [2.75, 3.05) is 11.6 Å². The molecule has 0 aliphatic carbocycles. The summed E-state index contributed by atoms with van der Waals surface area (Å²) in [4.78, 5) is -0.208. The van der Waals surface area contributed by atoms with Gasteiger partial charge in [-0.3, -0.25) is 0 Å². The third kappa shape index (κ3) is 4.61. The Bertz CT molecular complexity index is 943. The number of hydrogen-bond acceptors (Lipinski definition) is 5. The number of allylic oxidation sites excluding steroid dienone is 1. The third-order valence-electron chi connectivity index (χ3n) is 3.74. The molecule has 0 aliphatic heterocycles. The Hall–Kier alpha value is -1.94. The number of thioether (sulfide) groups is 1. The van der Waals surface area contributed by atoms with E-state index in [1.54, 1.807) is 54.8 Å². The summed E-state index contributed by atoms with van der Waals surface area (Å²) in [5, 5.41) is 13.4. The minimum Gasteiger partial charge on any atom is -0.349 e. The summed E-state index contributed by atoms with van der Waals surface area (Å²) in [6, 6.07) is 15.3. The first-order valence-electron chi connectivity index (χ1n) is 7.85. The quantitative estimate of drug-likeness (QED) is 0.650. The van der Waals surface area contributed by atoms with Gasteiger partial charge >= 0.3 is 0 Å². The summed E-state index contributed by atoms with van der Waals surface area (Å²) in [5.74, 6) is 0.297. The first-order chi connectivity index (χ1) is 12.3. The number of anilines is 1. The van der Waals surface area contributed by atoms with E-state index in [4.69, 9.17) is 11.6 Å². The molecule has 0 saturated carbocycles. The fraction of sp³-hybridized carbons (Fsp3) is 0.211. The molecule has 2 aromatic rings. The zero-order valence-electron chi connectivity index (χ0n) is 14.7. The lowest BCUT2D eigenvalue weighted by atomic mass is 10.0. The zero-order chi connectivity index (χ0) is 19.3. The zero-order valence-corrected chi connectivity index (χ0v) is 17.0. The van der Waals surface area contributed by atoms with E-state index in [1.165, 1.54) is 11.8 Å². The maximum atomic E-state index is 12.9. The molecule has 136 valence electrons. The summed E-state index contributed by atoms with van der Waals surface area (Å²) < 4.78 is 25.9. The Morgan fingerprint density at radius 1 is 1.12 bits per heavy atom. The molecule has 4 nitrogen and oxygen atoms in total. The van der Waals surface area contributed by atoms with Gasteiger partial charge in [-0.15, -0.1) is 11.8 Å². The molecule has 0 amide bonds. The summed E-state index contributed by atoms with van der Waals surface area (Å²) in [6.45, 7) is 4.07. The molecule has 26 heavy (non-hydrogen) atoms. The van der Waals surface area contributed by atoms with Crippen LogP contribution in [0.1, 0.15) is 25.3 Å². The van der Waals surface area contributed by atoms with Gasteiger partial charge in [0.1, 0.15) is 11.1 Å². The SMILES string of the molecule is CSC(Nc1ccc(Cl)cc1)=C(C#N)S(=O)(=O)c1ccc(C(C)C)cc1. The molecule has 2 rings (SSSR count). The average molecular weight is 407 g/mol. The van der Waals surface area contributed by atoms with Gasteiger partial charge in [0.2, 0.25) is 9.84 Å². The predicted molar refractivity (Wildman–Crippen MR) is 109 cm³/mol. The van der Waals surface area contributed by atoms with E-state index in [0.29, 0.717) is 16.6 Å². The summed E-state index contributed by atoms with van der Waals surface area (Å²) in [5.41, 5.74) is 1.69. The fourth-order valence-corrected chi connectivity index (χ4v) is 4.55. The number of halogens is 1. The van der Waals surface area contributed by atoms with Crippen molar-refractivity contribution >= 4 is 38.9 Å². The van der Waals surface area contributed by atoms with E-state index in [0.717, 1.165) is 5.56 Å². The van der Waals surface area contributed by atoms with Crippen molar-refractivity contribution in [2.45, 2.75) is 24.7 Å². The highest BCUT2D eigenvalue weighted by Crippen LogP contribution is 2.29. The lowest BCUT2D eigenvalue weighted by molar-refractivity contribution is 0.603. The molecule has 0 aliphatic rings. The highest BCUT2D eigenvalue weighted by Gasteiger charge is 2.25. The van der Waals surface area contributed by atoms with Crippen molar-refractivity contribution in [1.82, 2.24) is 0 Å². The monoisotopic (exact) mass is 406 g/mol. The molecule has 0 aromatic heterocycles. The van der Waals surface area contributed by atoms with E-state index in [9.17, 15) is 13.7 Å². The Morgan fingerprint density at radius 3 is 2.15 bits per heavy atom. The molecule has 0 spiro atoms. The Labute approximate surface area is 163 Å². The molecule has 0 bridgehead atoms. The van der Waals surface area contributed by atoms with E-state index < -0.39 is 9.84 Å². The van der Waals surface area contributed by atoms with Gasteiger partial charge in [-0.05, 0) is 54.1 Å². The van der Waals surface area contributed by atoms with Crippen LogP contribution in [0, 0.1) is 11.3 Å². The second kappa shape index (κ2) is 8.63. The molecule has 7 heteroatoms. The topological polar surface area (TPSA) is 70.0 Å². The molecular weight excluding hydrogens is 388 g/mol. The van der Waals surface area contributed by atoms with Crippen LogP contribution < -0.4 is 5.32 Å². The van der Waals surface area contributed by atoms with Crippen molar-refractivity contribution < 1.29 is 8.42 Å². The number of hydrogen-bond donors (Lipinski definition) is 1. The molecule has 0 heterocycles. The van der Waals surface area contributed by atoms with Gasteiger partial charge in [0.05, 0.1) is 4.90 Å². The van der Waals surface area contributed by atoms with Gasteiger partial charge in [-0.2, -0.15) is 5.26 Å². The molecule has 2 aromatic carbocycles. The van der Waals surface area contributed by atoms with Gasteiger partial charge < -0.3 is 5.32 Å². The lowest BCUT2D eigenvalue weighted by Gasteiger charge is -2.12. The van der Waals surface area contributed by atoms with Crippen LogP contribution in [0.2, 0.25) is 5.02 Å². The smallest absolute Gasteiger partial charge is 0.219 e. The summed E-state index contributed by atoms with van der Waals surface area (Å²) in [6.07, 6.45) is 1.72. The van der Waals surface area contributed by atoms with Crippen LogP contribution in [0.15, 0.2) is 63.4 Å². The number of sulfone groups is 1. The van der Waals surface area contributed by atoms with Crippen molar-refractivity contribution in [1.29, 1.82) is 5.26 Å². The van der Waals surface area contributed by atoms with Crippen molar-refractivity contribution in [2.24, 2.45) is 0 Å². The van der Waals surface area contributed by atoms with Crippen LogP contribution >= 0.6 is 23.4 Å². The van der Waals surface area contributed by atoms with E-state index >= 15 is 0 Å². The minimum atomic E-state index is -3.92. The number of nitrogens with zero attached hydrogens (tertiary/aromatic N) is 1. The van der Waals surface area contributed by atoms with Gasteiger partial charge in [-0.25, -0.2) is 8.42 Å². The standard InChI is InChI=1S/C19H19ClN2O2S2/c1-13(2)14-4-10-17(11-5-14)26(23,24)18(12-21)19(25-3)22-16-8-6-15(20)7-9-16/h4-11,13,22H,1-3H3. The van der Waals surface area contributed by atoms with Gasteiger partial charge in [-0.1, -0.05) is 37.6 Å². The molecule has 0 unspecified atom stereocenters. The molecule has 1 N–H and O–H groups in total. The van der Waals surface area contributed by atoms with Gasteiger partial charge in [0.15, 0.2) is 4.91 Å². The van der Waals surface area contributed by atoms with Crippen LogP contribution in [0.4, 0.5) is 5.69 Å². The molecular formula is C19H19ClN2O2S2. The van der Waals surface area contributed by atoms with E-state index in [1.807, 2.05) is 19.9 Å². The van der Waals surface area contributed by atoms with E-state index in [2.05, 4.69) is 5.32 Å². The van der Waals surface area contributed by atoms with Crippen LogP contribution in [0.5, 0.6) is 0 Å². The van der Waals surface area contributed by atoms with Crippen molar-refractivity contribution in [3.8, 4) is 6.07 Å². The summed E-state index contributed by atoms with van der Waals surface area (Å²) >= 11 is 7.03. The molecule has 0 fully saturated rings. The maximum absolute atomic E-state index is 12.9. The van der Waals surface area contributed by atoms with E-state index in [-0.39, 0.29) is 14.8 Å². The van der Waals surface area contributed by atoms with Gasteiger partial charge in [0, 0.05) is 10.7 Å². The Balaban J connectivity index is 2.46. The maximum Gasteiger partial charge on any atom is 0.219 e. The van der Waals surface area contributed by atoms with Gasteiger partial charge in [0.25, 0.3) is 0 Å². The largest absolute Gasteiger partial charge is 0.349 e. The van der Waals surface area contributed by atoms with Crippen molar-refractivity contribution in [3.05, 3.63) is 69.1 Å². The average Bonchev–Trinajstić information content (AvgIpc) is 2.63. The Morgan fingerprint density at radius 2 is 1.69 bits per heavy atom. The normalized spacial score (nSPS) is 12.5. The second-order valence-corrected chi connectivity index (χ2v) is 8.97. The third-order valence-corrected chi connectivity index (χ3v) is 6.56. The van der Waals surface area contributed by atoms with Crippen LogP contribution in [-0.2, 0) is 9.84 Å². The first kappa shape index (κ1) is 20.4. The van der Waals surface area contributed by atoms with Crippen molar-refractivity contribution in [3.63, 3.8) is 0 Å². The minimum absolute atomic E-state index is 0.0999. The lowest BCUT2D eigenvalue weighted by Crippen LogP contribution is -2.10. The molecule has 0 radical (unpaired) electrons. The number of benzene rings is 2. The highest BCUT2D eigenvalue weighted by atomic mass is 35.5. The Kier molecular flexibility index (Phi) is 6.76. The fourth-order valence-electron chi connectivity index (χ4n) is 2.25. The number of nitrogens with one attached hydrogen (secondary N) is 1. The molecule has 0 saturated heterocycles. The number of rotatable bonds is 6. The van der Waals surface area contributed by atoms with Crippen LogP contribution in [0.25, 0.3) is 0 Å². The summed E-state index contributed by atoms with van der Waals surface area (Å²) in [7, 11) is -3.92. The molecule has 0 atom stereocenters.